The summed E-state index contributed by atoms with van der Waals surface area (Å²) in [7, 11) is 0. The second kappa shape index (κ2) is 7.56. The third-order valence-electron chi connectivity index (χ3n) is 4.60. The molecule has 1 unspecified atom stereocenters. The van der Waals surface area contributed by atoms with E-state index >= 15 is 0 Å². The van der Waals surface area contributed by atoms with E-state index in [0.29, 0.717) is 16.3 Å². The van der Waals surface area contributed by atoms with Gasteiger partial charge in [-0.15, -0.1) is 11.3 Å². The Hall–Kier alpha value is -2.38. The SMILES string of the molecule is Cc1nn(-c2ccccc2Cl)c2sc(C(=O)NC(C)(CC(C)C)C(N)=O)cc12. The van der Waals surface area contributed by atoms with E-state index in [1.54, 1.807) is 23.7 Å². The fourth-order valence-corrected chi connectivity index (χ4v) is 4.57. The Morgan fingerprint density at radius 2 is 2.04 bits per heavy atom. The Morgan fingerprint density at radius 1 is 1.36 bits per heavy atom. The molecule has 3 rings (SSSR count). The number of nitrogens with two attached hydrogens (primary N) is 1. The Kier molecular flexibility index (Phi) is 5.50. The maximum absolute atomic E-state index is 12.9. The molecule has 0 aliphatic heterocycles. The molecule has 0 spiro atoms. The van der Waals surface area contributed by atoms with Crippen LogP contribution < -0.4 is 11.1 Å². The van der Waals surface area contributed by atoms with Crippen LogP contribution >= 0.6 is 22.9 Å². The van der Waals surface area contributed by atoms with E-state index in [1.165, 1.54) is 11.3 Å². The minimum Gasteiger partial charge on any atom is -0.368 e. The van der Waals surface area contributed by atoms with Crippen LogP contribution in [-0.2, 0) is 4.79 Å². The molecule has 0 saturated carbocycles. The zero-order valence-electron chi connectivity index (χ0n) is 16.2. The van der Waals surface area contributed by atoms with Crippen molar-refractivity contribution in [1.29, 1.82) is 0 Å². The van der Waals surface area contributed by atoms with Crippen molar-refractivity contribution in [1.82, 2.24) is 15.1 Å². The van der Waals surface area contributed by atoms with Gasteiger partial charge >= 0.3 is 0 Å². The highest BCUT2D eigenvalue weighted by molar-refractivity contribution is 7.20. The molecule has 3 aromatic rings. The maximum Gasteiger partial charge on any atom is 0.262 e. The smallest absolute Gasteiger partial charge is 0.262 e. The van der Waals surface area contributed by atoms with Crippen LogP contribution in [0.3, 0.4) is 0 Å². The minimum atomic E-state index is -1.11. The number of fused-ring (bicyclic) bond motifs is 1. The van der Waals surface area contributed by atoms with Gasteiger partial charge in [0.05, 0.1) is 21.3 Å². The van der Waals surface area contributed by atoms with Crippen molar-refractivity contribution in [2.75, 3.05) is 0 Å². The number of aromatic nitrogens is 2. The highest BCUT2D eigenvalue weighted by Gasteiger charge is 2.34. The number of carbonyl (C=O) groups is 2. The summed E-state index contributed by atoms with van der Waals surface area (Å²) < 4.78 is 1.75. The van der Waals surface area contributed by atoms with Gasteiger partial charge < -0.3 is 11.1 Å². The van der Waals surface area contributed by atoms with Crippen LogP contribution in [0.5, 0.6) is 0 Å². The van der Waals surface area contributed by atoms with Gasteiger partial charge in [-0.05, 0) is 44.4 Å². The molecule has 2 aromatic heterocycles. The van der Waals surface area contributed by atoms with Crippen molar-refractivity contribution < 1.29 is 9.59 Å². The topological polar surface area (TPSA) is 90.0 Å². The van der Waals surface area contributed by atoms with E-state index in [4.69, 9.17) is 17.3 Å². The number of hydrogen-bond donors (Lipinski definition) is 2. The average molecular weight is 419 g/mol. The number of thiophene rings is 1. The number of halogens is 1. The zero-order valence-corrected chi connectivity index (χ0v) is 17.8. The molecule has 0 aliphatic rings. The lowest BCUT2D eigenvalue weighted by molar-refractivity contribution is -0.124. The number of nitrogens with one attached hydrogen (secondary N) is 1. The molecule has 0 aliphatic carbocycles. The molecular formula is C20H23ClN4O2S. The molecule has 2 heterocycles. The number of hydrogen-bond acceptors (Lipinski definition) is 4. The highest BCUT2D eigenvalue weighted by atomic mass is 35.5. The summed E-state index contributed by atoms with van der Waals surface area (Å²) in [5, 5.41) is 8.83. The number of para-hydroxylation sites is 1. The fourth-order valence-electron chi connectivity index (χ4n) is 3.29. The van der Waals surface area contributed by atoms with Crippen molar-refractivity contribution in [2.45, 2.75) is 39.7 Å². The van der Waals surface area contributed by atoms with Gasteiger partial charge in [-0.1, -0.05) is 37.6 Å². The molecule has 148 valence electrons. The molecule has 8 heteroatoms. The highest BCUT2D eigenvalue weighted by Crippen LogP contribution is 2.32. The zero-order chi connectivity index (χ0) is 20.6. The van der Waals surface area contributed by atoms with Crippen molar-refractivity contribution in [3.05, 3.63) is 45.9 Å². The fraction of sp³-hybridized carbons (Fsp3) is 0.350. The summed E-state index contributed by atoms with van der Waals surface area (Å²) in [6, 6.07) is 9.20. The van der Waals surface area contributed by atoms with E-state index in [9.17, 15) is 9.59 Å². The minimum absolute atomic E-state index is 0.205. The van der Waals surface area contributed by atoms with E-state index in [-0.39, 0.29) is 11.8 Å². The van der Waals surface area contributed by atoms with E-state index in [2.05, 4.69) is 10.4 Å². The predicted molar refractivity (Wildman–Crippen MR) is 113 cm³/mol. The third-order valence-corrected chi connectivity index (χ3v) is 6.03. The number of amides is 2. The van der Waals surface area contributed by atoms with Crippen molar-refractivity contribution >= 4 is 45.0 Å². The number of primary amides is 1. The molecule has 0 bridgehead atoms. The quantitative estimate of drug-likeness (QED) is 0.632. The van der Waals surface area contributed by atoms with Crippen LogP contribution in [0.4, 0.5) is 0 Å². The van der Waals surface area contributed by atoms with Crippen molar-refractivity contribution in [3.8, 4) is 5.69 Å². The second-order valence-electron chi connectivity index (χ2n) is 7.53. The summed E-state index contributed by atoms with van der Waals surface area (Å²) >= 11 is 7.63. The number of nitrogens with zero attached hydrogens (tertiary/aromatic N) is 2. The van der Waals surface area contributed by atoms with Gasteiger partial charge in [0.2, 0.25) is 5.91 Å². The van der Waals surface area contributed by atoms with Crippen LogP contribution in [0.1, 0.15) is 42.6 Å². The van der Waals surface area contributed by atoms with E-state index < -0.39 is 11.4 Å². The van der Waals surface area contributed by atoms with Gasteiger partial charge in [0.1, 0.15) is 10.4 Å². The Balaban J connectivity index is 1.99. The Bertz CT molecular complexity index is 1060. The van der Waals surface area contributed by atoms with Crippen molar-refractivity contribution in [2.24, 2.45) is 11.7 Å². The first-order chi connectivity index (χ1) is 13.1. The van der Waals surface area contributed by atoms with Crippen LogP contribution in [0.2, 0.25) is 5.02 Å². The summed E-state index contributed by atoms with van der Waals surface area (Å²) in [4.78, 5) is 26.1. The van der Waals surface area contributed by atoms with Gasteiger partial charge in [-0.3, -0.25) is 9.59 Å². The summed E-state index contributed by atoms with van der Waals surface area (Å²) in [5.41, 5.74) is 6.00. The van der Waals surface area contributed by atoms with Crippen LogP contribution in [0.15, 0.2) is 30.3 Å². The third kappa shape index (κ3) is 3.77. The molecule has 1 aromatic carbocycles. The van der Waals surface area contributed by atoms with Crippen molar-refractivity contribution in [3.63, 3.8) is 0 Å². The maximum atomic E-state index is 12.9. The molecular weight excluding hydrogens is 396 g/mol. The Morgan fingerprint density at radius 3 is 2.64 bits per heavy atom. The average Bonchev–Trinajstić information content (AvgIpc) is 3.15. The van der Waals surface area contributed by atoms with Gasteiger partial charge in [0.15, 0.2) is 0 Å². The van der Waals surface area contributed by atoms with Gasteiger partial charge in [-0.25, -0.2) is 4.68 Å². The van der Waals surface area contributed by atoms with Gasteiger partial charge in [-0.2, -0.15) is 5.10 Å². The molecule has 28 heavy (non-hydrogen) atoms. The molecule has 6 nitrogen and oxygen atoms in total. The standard InChI is InChI=1S/C20H23ClN4O2S/c1-11(2)10-20(4,19(22)27)23-17(26)16-9-13-12(3)24-25(18(13)28-16)15-8-6-5-7-14(15)21/h5-9,11H,10H2,1-4H3,(H2,22,27)(H,23,26). The molecule has 2 amide bonds. The largest absolute Gasteiger partial charge is 0.368 e. The summed E-state index contributed by atoms with van der Waals surface area (Å²) in [5.74, 6) is -0.668. The number of benzene rings is 1. The molecule has 0 radical (unpaired) electrons. The lowest BCUT2D eigenvalue weighted by Gasteiger charge is -2.28. The normalized spacial score (nSPS) is 13.6. The monoisotopic (exact) mass is 418 g/mol. The van der Waals surface area contributed by atoms with Gasteiger partial charge in [0, 0.05) is 5.39 Å². The molecule has 0 fully saturated rings. The van der Waals surface area contributed by atoms with Gasteiger partial charge in [0.25, 0.3) is 5.91 Å². The van der Waals surface area contributed by atoms with E-state index in [1.807, 2.05) is 39.0 Å². The lowest BCUT2D eigenvalue weighted by Crippen LogP contribution is -2.55. The molecule has 3 N–H and O–H groups in total. The first-order valence-corrected chi connectivity index (χ1v) is 10.2. The molecule has 0 saturated heterocycles. The first kappa shape index (κ1) is 20.4. The summed E-state index contributed by atoms with van der Waals surface area (Å²) in [6.07, 6.45) is 0.464. The van der Waals surface area contributed by atoms with E-state index in [0.717, 1.165) is 21.6 Å². The number of aryl methyl sites for hydroxylation is 1. The number of carbonyl (C=O) groups excluding carboxylic acids is 2. The second-order valence-corrected chi connectivity index (χ2v) is 8.96. The number of rotatable bonds is 6. The Labute approximate surface area is 172 Å². The van der Waals surface area contributed by atoms with Crippen LogP contribution in [0.25, 0.3) is 15.9 Å². The van der Waals surface area contributed by atoms with Crippen LogP contribution in [-0.4, -0.2) is 27.1 Å². The summed E-state index contributed by atoms with van der Waals surface area (Å²) in [6.45, 7) is 7.51. The van der Waals surface area contributed by atoms with Crippen LogP contribution in [0, 0.1) is 12.8 Å². The lowest BCUT2D eigenvalue weighted by atomic mass is 9.90. The predicted octanol–water partition coefficient (Wildman–Crippen LogP) is 4.07. The first-order valence-electron chi connectivity index (χ1n) is 8.99. The molecule has 1 atom stereocenters.